The number of hydrogen-bond acceptors (Lipinski definition) is 4. The molecule has 1 aliphatic carbocycles. The number of nitrogens with zero attached hydrogens (tertiary/aromatic N) is 3. The minimum absolute atomic E-state index is 0.0320. The molecule has 1 saturated heterocycles. The molecule has 1 unspecified atom stereocenters. The van der Waals surface area contributed by atoms with Crippen molar-refractivity contribution in [3.05, 3.63) is 16.5 Å². The number of aromatic nitrogens is 2. The maximum atomic E-state index is 11.3. The van der Waals surface area contributed by atoms with Crippen molar-refractivity contribution in [3.63, 3.8) is 0 Å². The van der Waals surface area contributed by atoms with Crippen LogP contribution in [-0.2, 0) is 17.6 Å². The summed E-state index contributed by atoms with van der Waals surface area (Å²) in [6, 6.07) is 0.198. The van der Waals surface area contributed by atoms with Gasteiger partial charge in [-0.15, -0.1) is 0 Å². The van der Waals surface area contributed by atoms with Crippen LogP contribution in [0.1, 0.15) is 43.9 Å². The van der Waals surface area contributed by atoms with E-state index in [0.29, 0.717) is 5.28 Å². The van der Waals surface area contributed by atoms with Crippen LogP contribution in [0.25, 0.3) is 0 Å². The number of fused-ring (bicyclic) bond motifs is 1. The van der Waals surface area contributed by atoms with Crippen LogP contribution in [0.2, 0.25) is 5.28 Å². The number of rotatable bonds is 2. The average molecular weight is 309 g/mol. The van der Waals surface area contributed by atoms with Crippen LogP contribution in [0, 0.1) is 0 Å². The maximum absolute atomic E-state index is 11.3. The number of anilines is 1. The average Bonchev–Trinajstić information content (AvgIpc) is 2.46. The van der Waals surface area contributed by atoms with Crippen molar-refractivity contribution >= 4 is 23.3 Å². The van der Waals surface area contributed by atoms with E-state index in [0.717, 1.165) is 50.3 Å². The second kappa shape index (κ2) is 6.18. The van der Waals surface area contributed by atoms with Crippen molar-refractivity contribution < 1.29 is 4.79 Å². The summed E-state index contributed by atoms with van der Waals surface area (Å²) < 4.78 is 0. The molecule has 0 saturated carbocycles. The summed E-state index contributed by atoms with van der Waals surface area (Å²) in [5.41, 5.74) is 2.37. The van der Waals surface area contributed by atoms with Crippen molar-refractivity contribution in [2.45, 2.75) is 51.5 Å². The quantitative estimate of drug-likeness (QED) is 0.850. The summed E-state index contributed by atoms with van der Waals surface area (Å²) in [4.78, 5) is 22.4. The van der Waals surface area contributed by atoms with Gasteiger partial charge < -0.3 is 10.2 Å². The van der Waals surface area contributed by atoms with Gasteiger partial charge in [0, 0.05) is 31.6 Å². The third-order valence-corrected chi connectivity index (χ3v) is 4.43. The number of halogens is 1. The van der Waals surface area contributed by atoms with E-state index >= 15 is 0 Å². The standard InChI is InChI=1S/C15H21ClN4O/c1-10(21)17-11-5-4-8-20(9-11)14-12-6-2-3-7-13(12)18-15(16)19-14/h11H,2-9H2,1H3,(H,17,21). The van der Waals surface area contributed by atoms with E-state index in [9.17, 15) is 4.79 Å². The number of aryl methyl sites for hydroxylation is 1. The van der Waals surface area contributed by atoms with Gasteiger partial charge in [0.1, 0.15) is 5.82 Å². The van der Waals surface area contributed by atoms with E-state index in [2.05, 4.69) is 20.2 Å². The van der Waals surface area contributed by atoms with Gasteiger partial charge in [-0.2, -0.15) is 0 Å². The summed E-state index contributed by atoms with van der Waals surface area (Å²) in [6.07, 6.45) is 6.47. The molecule has 0 radical (unpaired) electrons. The van der Waals surface area contributed by atoms with E-state index in [1.807, 2.05) is 0 Å². The summed E-state index contributed by atoms with van der Waals surface area (Å²) in [5.74, 6) is 1.02. The smallest absolute Gasteiger partial charge is 0.224 e. The van der Waals surface area contributed by atoms with Crippen LogP contribution in [0.5, 0.6) is 0 Å². The largest absolute Gasteiger partial charge is 0.354 e. The van der Waals surface area contributed by atoms with Crippen molar-refractivity contribution in [2.75, 3.05) is 18.0 Å². The first-order valence-corrected chi connectivity index (χ1v) is 8.08. The lowest BCUT2D eigenvalue weighted by Crippen LogP contribution is -2.47. The Morgan fingerprint density at radius 1 is 1.29 bits per heavy atom. The molecule has 1 aromatic heterocycles. The summed E-state index contributed by atoms with van der Waals surface area (Å²) in [7, 11) is 0. The first kappa shape index (κ1) is 14.6. The fourth-order valence-corrected chi connectivity index (χ4v) is 3.56. The van der Waals surface area contributed by atoms with Gasteiger partial charge >= 0.3 is 0 Å². The van der Waals surface area contributed by atoms with Crippen molar-refractivity contribution in [2.24, 2.45) is 0 Å². The lowest BCUT2D eigenvalue weighted by Gasteiger charge is -2.35. The molecular formula is C15H21ClN4O. The van der Waals surface area contributed by atoms with Crippen LogP contribution in [0.15, 0.2) is 0 Å². The third-order valence-electron chi connectivity index (χ3n) is 4.26. The topological polar surface area (TPSA) is 58.1 Å². The number of hydrogen-bond donors (Lipinski definition) is 1. The number of carbonyl (C=O) groups excluding carboxylic acids is 1. The molecule has 6 heteroatoms. The van der Waals surface area contributed by atoms with Gasteiger partial charge in [-0.1, -0.05) is 0 Å². The summed E-state index contributed by atoms with van der Waals surface area (Å²) >= 11 is 6.10. The molecule has 0 aromatic carbocycles. The Hall–Kier alpha value is -1.36. The fourth-order valence-electron chi connectivity index (χ4n) is 3.38. The highest BCUT2D eigenvalue weighted by atomic mass is 35.5. The van der Waals surface area contributed by atoms with Crippen molar-refractivity contribution in [3.8, 4) is 0 Å². The molecule has 0 spiro atoms. The van der Waals surface area contributed by atoms with Gasteiger partial charge in [0.15, 0.2) is 0 Å². The second-order valence-corrected chi connectivity index (χ2v) is 6.27. The molecular weight excluding hydrogens is 288 g/mol. The highest BCUT2D eigenvalue weighted by molar-refractivity contribution is 6.28. The van der Waals surface area contributed by atoms with Crippen molar-refractivity contribution in [1.82, 2.24) is 15.3 Å². The lowest BCUT2D eigenvalue weighted by atomic mass is 9.95. The Morgan fingerprint density at radius 2 is 2.10 bits per heavy atom. The van der Waals surface area contributed by atoms with Crippen LogP contribution in [0.3, 0.4) is 0 Å². The maximum Gasteiger partial charge on any atom is 0.224 e. The molecule has 2 aliphatic rings. The fraction of sp³-hybridized carbons (Fsp3) is 0.667. The zero-order valence-electron chi connectivity index (χ0n) is 12.4. The van der Waals surface area contributed by atoms with Gasteiger partial charge in [0.2, 0.25) is 11.2 Å². The lowest BCUT2D eigenvalue weighted by molar-refractivity contribution is -0.119. The molecule has 2 heterocycles. The third kappa shape index (κ3) is 3.28. The van der Waals surface area contributed by atoms with Gasteiger partial charge in [-0.3, -0.25) is 4.79 Å². The van der Waals surface area contributed by atoms with Crippen LogP contribution in [-0.4, -0.2) is 35.0 Å². The van der Waals surface area contributed by atoms with Gasteiger partial charge in [0.25, 0.3) is 0 Å². The minimum atomic E-state index is 0.0320. The number of carbonyl (C=O) groups is 1. The molecule has 3 rings (SSSR count). The van der Waals surface area contributed by atoms with Crippen molar-refractivity contribution in [1.29, 1.82) is 0 Å². The molecule has 21 heavy (non-hydrogen) atoms. The van der Waals surface area contributed by atoms with Gasteiger partial charge in [0.05, 0.1) is 5.69 Å². The molecule has 1 N–H and O–H groups in total. The first-order valence-electron chi connectivity index (χ1n) is 7.71. The molecule has 1 atom stereocenters. The van der Waals surface area contributed by atoms with Crippen LogP contribution >= 0.6 is 11.6 Å². The molecule has 1 aliphatic heterocycles. The Morgan fingerprint density at radius 3 is 2.90 bits per heavy atom. The van der Waals surface area contributed by atoms with E-state index in [1.54, 1.807) is 6.92 Å². The van der Waals surface area contributed by atoms with E-state index in [4.69, 9.17) is 11.6 Å². The van der Waals surface area contributed by atoms with E-state index in [1.165, 1.54) is 18.4 Å². The molecule has 0 bridgehead atoms. The molecule has 5 nitrogen and oxygen atoms in total. The van der Waals surface area contributed by atoms with Crippen LogP contribution in [0.4, 0.5) is 5.82 Å². The van der Waals surface area contributed by atoms with Crippen LogP contribution < -0.4 is 10.2 Å². The zero-order valence-corrected chi connectivity index (χ0v) is 13.1. The Balaban J connectivity index is 1.85. The predicted molar refractivity (Wildman–Crippen MR) is 82.7 cm³/mol. The number of amides is 1. The van der Waals surface area contributed by atoms with Gasteiger partial charge in [-0.05, 0) is 50.1 Å². The Labute approximate surface area is 130 Å². The Bertz CT molecular complexity index is 549. The monoisotopic (exact) mass is 308 g/mol. The second-order valence-electron chi connectivity index (χ2n) is 5.93. The van der Waals surface area contributed by atoms with E-state index < -0.39 is 0 Å². The van der Waals surface area contributed by atoms with E-state index in [-0.39, 0.29) is 11.9 Å². The number of piperidine rings is 1. The Kier molecular flexibility index (Phi) is 4.29. The number of nitrogens with one attached hydrogen (secondary N) is 1. The minimum Gasteiger partial charge on any atom is -0.354 e. The zero-order chi connectivity index (χ0) is 14.8. The molecule has 114 valence electrons. The predicted octanol–water partition coefficient (Wildman–Crippen LogP) is 2.11. The molecule has 1 amide bonds. The molecule has 1 fully saturated rings. The normalized spacial score (nSPS) is 21.8. The highest BCUT2D eigenvalue weighted by Crippen LogP contribution is 2.30. The first-order chi connectivity index (χ1) is 10.1. The molecule has 1 aromatic rings. The summed E-state index contributed by atoms with van der Waals surface area (Å²) in [5, 5.41) is 3.36. The highest BCUT2D eigenvalue weighted by Gasteiger charge is 2.26. The summed E-state index contributed by atoms with van der Waals surface area (Å²) in [6.45, 7) is 3.34. The van der Waals surface area contributed by atoms with Gasteiger partial charge in [-0.25, -0.2) is 9.97 Å². The SMILES string of the molecule is CC(=O)NC1CCCN(c2nc(Cl)nc3c2CCCC3)C1.